The van der Waals surface area contributed by atoms with Gasteiger partial charge in [0.15, 0.2) is 0 Å². The molecule has 84 valence electrons. The molecule has 1 unspecified atom stereocenters. The summed E-state index contributed by atoms with van der Waals surface area (Å²) in [6.45, 7) is 8.90. The number of allylic oxidation sites excluding steroid dienone is 4. The van der Waals surface area contributed by atoms with Crippen LogP contribution in [0.2, 0.25) is 0 Å². The second-order valence-electron chi connectivity index (χ2n) is 5.20. The maximum absolute atomic E-state index is 10.3. The van der Waals surface area contributed by atoms with Gasteiger partial charge in [-0.2, -0.15) is 0 Å². The number of carbonyl (C=O) groups is 1. The molecule has 0 amide bonds. The van der Waals surface area contributed by atoms with Crippen LogP contribution in [0, 0.1) is 11.3 Å². The Morgan fingerprint density at radius 3 is 2.73 bits per heavy atom. The van der Waals surface area contributed by atoms with Crippen LogP contribution in [0.1, 0.15) is 47.0 Å². The molecule has 0 saturated heterocycles. The van der Waals surface area contributed by atoms with E-state index < -0.39 is 0 Å². The highest BCUT2D eigenvalue weighted by atomic mass is 16.1. The van der Waals surface area contributed by atoms with Crippen molar-refractivity contribution in [3.8, 4) is 0 Å². The molecule has 0 bridgehead atoms. The first kappa shape index (κ1) is 12.2. The van der Waals surface area contributed by atoms with E-state index in [1.807, 2.05) is 6.92 Å². The SMILES string of the molecule is CC1=CCC(C/C=C(\C)CC=O)C1(C)C. The molecule has 15 heavy (non-hydrogen) atoms. The van der Waals surface area contributed by atoms with Gasteiger partial charge >= 0.3 is 0 Å². The summed E-state index contributed by atoms with van der Waals surface area (Å²) in [5.41, 5.74) is 3.04. The summed E-state index contributed by atoms with van der Waals surface area (Å²) in [4.78, 5) is 10.3. The highest BCUT2D eigenvalue weighted by Crippen LogP contribution is 2.44. The lowest BCUT2D eigenvalue weighted by Gasteiger charge is -2.29. The maximum Gasteiger partial charge on any atom is 0.124 e. The molecule has 0 aliphatic heterocycles. The van der Waals surface area contributed by atoms with Crippen molar-refractivity contribution < 1.29 is 4.79 Å². The molecule has 1 atom stereocenters. The van der Waals surface area contributed by atoms with Gasteiger partial charge in [0, 0.05) is 6.42 Å². The van der Waals surface area contributed by atoms with Crippen LogP contribution in [0.25, 0.3) is 0 Å². The number of aldehydes is 1. The van der Waals surface area contributed by atoms with Crippen LogP contribution in [0.5, 0.6) is 0 Å². The van der Waals surface area contributed by atoms with Crippen molar-refractivity contribution in [2.45, 2.75) is 47.0 Å². The number of hydrogen-bond donors (Lipinski definition) is 0. The van der Waals surface area contributed by atoms with Gasteiger partial charge in [-0.15, -0.1) is 0 Å². The predicted octanol–water partition coefficient (Wildman–Crippen LogP) is 3.90. The summed E-state index contributed by atoms with van der Waals surface area (Å²) in [5.74, 6) is 0.708. The predicted molar refractivity (Wildman–Crippen MR) is 64.7 cm³/mol. The average molecular weight is 206 g/mol. The average Bonchev–Trinajstić information content (AvgIpc) is 2.40. The third kappa shape index (κ3) is 2.80. The highest BCUT2D eigenvalue weighted by Gasteiger charge is 2.33. The van der Waals surface area contributed by atoms with E-state index in [0.717, 1.165) is 12.7 Å². The van der Waals surface area contributed by atoms with Gasteiger partial charge in [-0.25, -0.2) is 0 Å². The molecule has 0 aromatic heterocycles. The molecule has 1 aliphatic carbocycles. The Hall–Kier alpha value is -0.850. The Balaban J connectivity index is 2.55. The summed E-state index contributed by atoms with van der Waals surface area (Å²) < 4.78 is 0. The van der Waals surface area contributed by atoms with Crippen molar-refractivity contribution in [1.82, 2.24) is 0 Å². The van der Waals surface area contributed by atoms with Gasteiger partial charge in [0.2, 0.25) is 0 Å². The molecular formula is C14H22O. The molecule has 1 nitrogen and oxygen atoms in total. The standard InChI is InChI=1S/C14H22O/c1-11(9-10-15)5-7-13-8-6-12(2)14(13,3)4/h5-6,10,13H,7-9H2,1-4H3/b11-5+. The second-order valence-corrected chi connectivity index (χ2v) is 5.20. The molecule has 0 heterocycles. The number of rotatable bonds is 4. The Morgan fingerprint density at radius 2 is 2.27 bits per heavy atom. The lowest BCUT2D eigenvalue weighted by Crippen LogP contribution is -2.19. The molecule has 1 aliphatic rings. The van der Waals surface area contributed by atoms with Crippen LogP contribution in [0.4, 0.5) is 0 Å². The summed E-state index contributed by atoms with van der Waals surface area (Å²) >= 11 is 0. The smallest absolute Gasteiger partial charge is 0.124 e. The molecule has 0 aromatic carbocycles. The van der Waals surface area contributed by atoms with Gasteiger partial charge in [-0.3, -0.25) is 0 Å². The fraction of sp³-hybridized carbons (Fsp3) is 0.643. The summed E-state index contributed by atoms with van der Waals surface area (Å²) in [5, 5.41) is 0. The monoisotopic (exact) mass is 206 g/mol. The third-order valence-corrected chi connectivity index (χ3v) is 3.90. The first-order valence-corrected chi connectivity index (χ1v) is 5.75. The Kier molecular flexibility index (Phi) is 3.90. The summed E-state index contributed by atoms with van der Waals surface area (Å²) in [7, 11) is 0. The topological polar surface area (TPSA) is 17.1 Å². The molecule has 0 fully saturated rings. The zero-order valence-corrected chi connectivity index (χ0v) is 10.3. The minimum Gasteiger partial charge on any atom is -0.303 e. The van der Waals surface area contributed by atoms with E-state index in [1.165, 1.54) is 17.6 Å². The normalized spacial score (nSPS) is 25.2. The van der Waals surface area contributed by atoms with E-state index in [-0.39, 0.29) is 0 Å². The van der Waals surface area contributed by atoms with Crippen LogP contribution < -0.4 is 0 Å². The van der Waals surface area contributed by atoms with Gasteiger partial charge in [0.05, 0.1) is 0 Å². The van der Waals surface area contributed by atoms with Crippen LogP contribution >= 0.6 is 0 Å². The zero-order chi connectivity index (χ0) is 11.5. The van der Waals surface area contributed by atoms with Crippen LogP contribution in [-0.2, 0) is 4.79 Å². The minimum absolute atomic E-state index is 0.331. The van der Waals surface area contributed by atoms with E-state index in [4.69, 9.17) is 0 Å². The minimum atomic E-state index is 0.331. The van der Waals surface area contributed by atoms with Gasteiger partial charge in [-0.1, -0.05) is 37.1 Å². The van der Waals surface area contributed by atoms with Gasteiger partial charge in [0.25, 0.3) is 0 Å². The molecule has 1 heteroatoms. The molecule has 0 radical (unpaired) electrons. The van der Waals surface area contributed by atoms with Crippen LogP contribution in [0.15, 0.2) is 23.3 Å². The first-order valence-electron chi connectivity index (χ1n) is 5.75. The number of carbonyl (C=O) groups excluding carboxylic acids is 1. The van der Waals surface area contributed by atoms with Crippen molar-refractivity contribution in [2.24, 2.45) is 11.3 Å². The molecule has 0 N–H and O–H groups in total. The zero-order valence-electron chi connectivity index (χ0n) is 10.3. The van der Waals surface area contributed by atoms with Crippen molar-refractivity contribution in [3.05, 3.63) is 23.3 Å². The summed E-state index contributed by atoms with van der Waals surface area (Å²) in [6.07, 6.45) is 8.43. The first-order chi connectivity index (χ1) is 6.98. The molecule has 0 spiro atoms. The van der Waals surface area contributed by atoms with E-state index in [1.54, 1.807) is 0 Å². The highest BCUT2D eigenvalue weighted by molar-refractivity contribution is 5.53. The van der Waals surface area contributed by atoms with Gasteiger partial charge < -0.3 is 4.79 Å². The van der Waals surface area contributed by atoms with Crippen LogP contribution in [-0.4, -0.2) is 6.29 Å². The van der Waals surface area contributed by atoms with Crippen molar-refractivity contribution in [1.29, 1.82) is 0 Å². The molecule has 1 rings (SSSR count). The Labute approximate surface area is 93.3 Å². The second kappa shape index (κ2) is 4.78. The van der Waals surface area contributed by atoms with Gasteiger partial charge in [0.1, 0.15) is 6.29 Å². The maximum atomic E-state index is 10.3. The van der Waals surface area contributed by atoms with Crippen LogP contribution in [0.3, 0.4) is 0 Å². The Bertz CT molecular complexity index is 294. The van der Waals surface area contributed by atoms with E-state index in [0.29, 0.717) is 17.8 Å². The summed E-state index contributed by atoms with van der Waals surface area (Å²) in [6, 6.07) is 0. The Morgan fingerprint density at radius 1 is 1.60 bits per heavy atom. The van der Waals surface area contributed by atoms with E-state index in [2.05, 4.69) is 32.9 Å². The van der Waals surface area contributed by atoms with E-state index in [9.17, 15) is 4.79 Å². The largest absolute Gasteiger partial charge is 0.303 e. The van der Waals surface area contributed by atoms with Crippen molar-refractivity contribution in [3.63, 3.8) is 0 Å². The van der Waals surface area contributed by atoms with E-state index >= 15 is 0 Å². The number of hydrogen-bond acceptors (Lipinski definition) is 1. The van der Waals surface area contributed by atoms with Crippen molar-refractivity contribution in [2.75, 3.05) is 0 Å². The van der Waals surface area contributed by atoms with Gasteiger partial charge in [-0.05, 0) is 38.0 Å². The van der Waals surface area contributed by atoms with Crippen molar-refractivity contribution >= 4 is 6.29 Å². The molecule has 0 saturated carbocycles. The molecular weight excluding hydrogens is 184 g/mol. The fourth-order valence-electron chi connectivity index (χ4n) is 2.15. The fourth-order valence-corrected chi connectivity index (χ4v) is 2.15. The molecule has 0 aromatic rings. The third-order valence-electron chi connectivity index (χ3n) is 3.90. The lowest BCUT2D eigenvalue weighted by atomic mass is 9.76. The quantitative estimate of drug-likeness (QED) is 0.503. The lowest BCUT2D eigenvalue weighted by molar-refractivity contribution is -0.107.